The number of carbonyl (C=O) groups is 1. The monoisotopic (exact) mass is 397 g/mol. The van der Waals surface area contributed by atoms with Crippen LogP contribution in [0.2, 0.25) is 15.1 Å². The summed E-state index contributed by atoms with van der Waals surface area (Å²) in [5.74, 6) is 0.653. The van der Waals surface area contributed by atoms with Gasteiger partial charge in [-0.15, -0.1) is 0 Å². The summed E-state index contributed by atoms with van der Waals surface area (Å²) in [4.78, 5) is 19.7. The van der Waals surface area contributed by atoms with E-state index in [0.29, 0.717) is 21.6 Å². The van der Waals surface area contributed by atoms with Gasteiger partial charge in [0.25, 0.3) is 5.91 Å². The van der Waals surface area contributed by atoms with E-state index in [4.69, 9.17) is 39.5 Å². The summed E-state index contributed by atoms with van der Waals surface area (Å²) in [7, 11) is 0. The number of rotatable bonds is 5. The normalized spacial score (nSPS) is 12.2. The lowest BCUT2D eigenvalue weighted by Gasteiger charge is -2.13. The zero-order valence-corrected chi connectivity index (χ0v) is 15.4. The van der Waals surface area contributed by atoms with Crippen LogP contribution in [0.15, 0.2) is 36.4 Å². The van der Waals surface area contributed by atoms with E-state index in [2.05, 4.69) is 15.3 Å². The highest BCUT2D eigenvalue weighted by atomic mass is 35.5. The number of fused-ring (bicyclic) bond motifs is 1. The maximum Gasteiger partial charge on any atom is 0.258 e. The molecule has 0 bridgehead atoms. The Balaban J connectivity index is 1.61. The largest absolute Gasteiger partial charge is 0.482 e. The van der Waals surface area contributed by atoms with Crippen molar-refractivity contribution in [2.45, 2.75) is 13.0 Å². The van der Waals surface area contributed by atoms with E-state index in [1.807, 2.05) is 31.2 Å². The zero-order valence-electron chi connectivity index (χ0n) is 13.1. The zero-order chi connectivity index (χ0) is 18.0. The molecule has 2 N–H and O–H groups in total. The molecular formula is C17H14Cl3N3O2. The minimum absolute atomic E-state index is 0.206. The molecule has 5 nitrogen and oxygen atoms in total. The van der Waals surface area contributed by atoms with Gasteiger partial charge < -0.3 is 15.0 Å². The molecule has 1 amide bonds. The molecule has 0 saturated heterocycles. The lowest BCUT2D eigenvalue weighted by Crippen LogP contribution is -2.31. The van der Waals surface area contributed by atoms with E-state index in [0.717, 1.165) is 11.0 Å². The van der Waals surface area contributed by atoms with Crippen molar-refractivity contribution in [2.24, 2.45) is 0 Å². The molecule has 0 aliphatic heterocycles. The molecule has 3 rings (SSSR count). The number of halogens is 3. The molecular weight excluding hydrogens is 385 g/mol. The van der Waals surface area contributed by atoms with Gasteiger partial charge in [-0.3, -0.25) is 4.79 Å². The number of nitrogens with one attached hydrogen (secondary N) is 2. The third kappa shape index (κ3) is 4.18. The lowest BCUT2D eigenvalue weighted by molar-refractivity contribution is -0.123. The number of amides is 1. The van der Waals surface area contributed by atoms with Crippen LogP contribution < -0.4 is 10.1 Å². The van der Waals surface area contributed by atoms with Crippen LogP contribution in [0.4, 0.5) is 0 Å². The van der Waals surface area contributed by atoms with Gasteiger partial charge in [-0.1, -0.05) is 46.9 Å². The van der Waals surface area contributed by atoms with Crippen LogP contribution in [-0.2, 0) is 4.79 Å². The van der Waals surface area contributed by atoms with Gasteiger partial charge in [0.15, 0.2) is 6.61 Å². The molecule has 3 aromatic rings. The third-order valence-corrected chi connectivity index (χ3v) is 4.55. The minimum Gasteiger partial charge on any atom is -0.482 e. The Bertz CT molecular complexity index is 894. The van der Waals surface area contributed by atoms with Gasteiger partial charge in [0.1, 0.15) is 11.6 Å². The SMILES string of the molecule is C[C@H](NC(=O)COc1cc(Cl)c(Cl)cc1Cl)c1nc2ccccc2[nH]1. The topological polar surface area (TPSA) is 67.0 Å². The minimum atomic E-state index is -0.310. The first-order chi connectivity index (χ1) is 11.9. The predicted molar refractivity (Wildman–Crippen MR) is 99.6 cm³/mol. The summed E-state index contributed by atoms with van der Waals surface area (Å²) in [6, 6.07) is 10.3. The van der Waals surface area contributed by atoms with E-state index >= 15 is 0 Å². The van der Waals surface area contributed by atoms with E-state index in [1.165, 1.54) is 12.1 Å². The van der Waals surface area contributed by atoms with E-state index in [9.17, 15) is 4.79 Å². The highest BCUT2D eigenvalue weighted by molar-refractivity contribution is 6.43. The van der Waals surface area contributed by atoms with Crippen LogP contribution >= 0.6 is 34.8 Å². The highest BCUT2D eigenvalue weighted by Crippen LogP contribution is 2.33. The molecule has 0 radical (unpaired) electrons. The van der Waals surface area contributed by atoms with Crippen molar-refractivity contribution in [1.29, 1.82) is 0 Å². The first-order valence-electron chi connectivity index (χ1n) is 7.45. The van der Waals surface area contributed by atoms with Crippen molar-refractivity contribution in [3.63, 3.8) is 0 Å². The quantitative estimate of drug-likeness (QED) is 0.608. The molecule has 0 spiro atoms. The lowest BCUT2D eigenvalue weighted by atomic mass is 10.3. The first kappa shape index (κ1) is 17.9. The van der Waals surface area contributed by atoms with Gasteiger partial charge in [-0.25, -0.2) is 4.98 Å². The summed E-state index contributed by atoms with van der Waals surface area (Å²) < 4.78 is 5.41. The average molecular weight is 399 g/mol. The second kappa shape index (κ2) is 7.52. The highest BCUT2D eigenvalue weighted by Gasteiger charge is 2.15. The number of benzene rings is 2. The summed E-state index contributed by atoms with van der Waals surface area (Å²) in [5.41, 5.74) is 1.76. The number of nitrogens with zero attached hydrogens (tertiary/aromatic N) is 1. The Morgan fingerprint density at radius 1 is 1.20 bits per heavy atom. The van der Waals surface area contributed by atoms with Crippen LogP contribution in [-0.4, -0.2) is 22.5 Å². The number of hydrogen-bond acceptors (Lipinski definition) is 3. The van der Waals surface area contributed by atoms with Crippen LogP contribution in [0.3, 0.4) is 0 Å². The van der Waals surface area contributed by atoms with Crippen LogP contribution in [0.1, 0.15) is 18.8 Å². The maximum absolute atomic E-state index is 12.1. The van der Waals surface area contributed by atoms with E-state index < -0.39 is 0 Å². The van der Waals surface area contributed by atoms with E-state index in [-0.39, 0.29) is 23.6 Å². The van der Waals surface area contributed by atoms with Gasteiger partial charge >= 0.3 is 0 Å². The summed E-state index contributed by atoms with van der Waals surface area (Å²) in [6.07, 6.45) is 0. The number of imidazole rings is 1. The van der Waals surface area contributed by atoms with Gasteiger partial charge in [0.2, 0.25) is 0 Å². The molecule has 0 aliphatic carbocycles. The molecule has 0 fully saturated rings. The third-order valence-electron chi connectivity index (χ3n) is 3.53. The van der Waals surface area contributed by atoms with Crippen LogP contribution in [0, 0.1) is 0 Å². The molecule has 25 heavy (non-hydrogen) atoms. The maximum atomic E-state index is 12.1. The van der Waals surface area contributed by atoms with Crippen molar-refractivity contribution >= 4 is 51.7 Å². The molecule has 8 heteroatoms. The van der Waals surface area contributed by atoms with Crippen LogP contribution in [0.5, 0.6) is 5.75 Å². The van der Waals surface area contributed by atoms with Crippen molar-refractivity contribution in [3.05, 3.63) is 57.3 Å². The number of H-pyrrole nitrogens is 1. The molecule has 130 valence electrons. The van der Waals surface area contributed by atoms with Crippen LogP contribution in [0.25, 0.3) is 11.0 Å². The fourth-order valence-electron chi connectivity index (χ4n) is 2.29. The number of aromatic nitrogens is 2. The number of ether oxygens (including phenoxy) is 1. The predicted octanol–water partition coefficient (Wildman–Crippen LogP) is 4.78. The Labute approximate surface area is 159 Å². The standard InChI is InChI=1S/C17H14Cl3N3O2/c1-9(17-22-13-4-2-3-5-14(13)23-17)21-16(24)8-25-15-7-11(19)10(18)6-12(15)20/h2-7,9H,8H2,1H3,(H,21,24)(H,22,23)/t9-/m0/s1. The van der Waals surface area contributed by atoms with Crippen molar-refractivity contribution in [2.75, 3.05) is 6.61 Å². The summed E-state index contributed by atoms with van der Waals surface area (Å²) >= 11 is 17.8. The molecule has 2 aromatic carbocycles. The van der Waals surface area contributed by atoms with Crippen molar-refractivity contribution in [1.82, 2.24) is 15.3 Å². The second-order valence-corrected chi connectivity index (χ2v) is 6.64. The molecule has 0 unspecified atom stereocenters. The average Bonchev–Trinajstić information content (AvgIpc) is 3.01. The molecule has 1 aromatic heterocycles. The number of carbonyl (C=O) groups excluding carboxylic acids is 1. The van der Waals surface area contributed by atoms with Gasteiger partial charge in [-0.2, -0.15) is 0 Å². The fraction of sp³-hybridized carbons (Fsp3) is 0.176. The molecule has 0 saturated carbocycles. The van der Waals surface area contributed by atoms with Crippen molar-refractivity contribution in [3.8, 4) is 5.75 Å². The molecule has 0 aliphatic rings. The Kier molecular flexibility index (Phi) is 5.37. The van der Waals surface area contributed by atoms with Gasteiger partial charge in [0.05, 0.1) is 32.1 Å². The number of hydrogen-bond donors (Lipinski definition) is 2. The van der Waals surface area contributed by atoms with Gasteiger partial charge in [-0.05, 0) is 25.1 Å². The van der Waals surface area contributed by atoms with Crippen molar-refractivity contribution < 1.29 is 9.53 Å². The number of para-hydroxylation sites is 2. The molecule has 1 atom stereocenters. The Morgan fingerprint density at radius 2 is 1.92 bits per heavy atom. The van der Waals surface area contributed by atoms with Gasteiger partial charge in [0, 0.05) is 6.07 Å². The number of aromatic amines is 1. The Morgan fingerprint density at radius 3 is 2.68 bits per heavy atom. The second-order valence-electron chi connectivity index (χ2n) is 5.41. The Hall–Kier alpha value is -1.95. The van der Waals surface area contributed by atoms with E-state index in [1.54, 1.807) is 0 Å². The summed E-state index contributed by atoms with van der Waals surface area (Å²) in [5, 5.41) is 3.72. The first-order valence-corrected chi connectivity index (χ1v) is 8.59. The summed E-state index contributed by atoms with van der Waals surface area (Å²) in [6.45, 7) is 1.63. The smallest absolute Gasteiger partial charge is 0.258 e. The fourth-order valence-corrected chi connectivity index (χ4v) is 2.88. The molecule has 1 heterocycles.